The molecule has 2 N–H and O–H groups in total. The van der Waals surface area contributed by atoms with Gasteiger partial charge in [0.2, 0.25) is 0 Å². The summed E-state index contributed by atoms with van der Waals surface area (Å²) in [6.45, 7) is 13.3. The lowest BCUT2D eigenvalue weighted by Crippen LogP contribution is -2.65. The fourth-order valence-corrected chi connectivity index (χ4v) is 8.89. The number of aliphatic hydroxyl groups excluding tert-OH is 1. The van der Waals surface area contributed by atoms with Crippen molar-refractivity contribution in [1.29, 1.82) is 0 Å². The Morgan fingerprint density at radius 1 is 1.09 bits per heavy atom. The molecule has 0 amide bonds. The number of carbonyl (C=O) groups excluding carboxylic acids is 1. The van der Waals surface area contributed by atoms with Crippen molar-refractivity contribution in [3.8, 4) is 0 Å². The summed E-state index contributed by atoms with van der Waals surface area (Å²) in [5.74, 6) is 2.82. The summed E-state index contributed by atoms with van der Waals surface area (Å²) in [6.07, 6.45) is 11.5. The van der Waals surface area contributed by atoms with Crippen LogP contribution in [0.4, 0.5) is 0 Å². The minimum Gasteiger partial charge on any atom is -0.462 e. The number of ether oxygens (including phenoxy) is 1. The third kappa shape index (κ3) is 4.11. The number of esters is 1. The molecule has 4 rings (SSSR count). The maximum absolute atomic E-state index is 11.8. The van der Waals surface area contributed by atoms with Crippen LogP contribution in [-0.4, -0.2) is 34.0 Å². The van der Waals surface area contributed by atoms with Crippen molar-refractivity contribution in [2.24, 2.45) is 40.4 Å². The van der Waals surface area contributed by atoms with Crippen LogP contribution < -0.4 is 0 Å². The molecule has 9 atom stereocenters. The van der Waals surface area contributed by atoms with Crippen molar-refractivity contribution in [1.82, 2.24) is 0 Å². The van der Waals surface area contributed by atoms with Crippen molar-refractivity contribution in [2.75, 3.05) is 0 Å². The molecule has 188 valence electrons. The number of rotatable bonds is 6. The number of hydrogen-bond donors (Lipinski definition) is 2. The topological polar surface area (TPSA) is 66.8 Å². The number of fused-ring (bicyclic) bond motifs is 5. The molecule has 0 unspecified atom stereocenters. The second-order valence-corrected chi connectivity index (χ2v) is 13.1. The van der Waals surface area contributed by atoms with Crippen LogP contribution in [0.5, 0.6) is 0 Å². The molecule has 0 aromatic heterocycles. The van der Waals surface area contributed by atoms with Crippen molar-refractivity contribution in [3.05, 3.63) is 11.6 Å². The fraction of sp³-hybridized carbons (Fsp3) is 0.897. The minimum absolute atomic E-state index is 0.304. The number of hydrogen-bond acceptors (Lipinski definition) is 4. The van der Waals surface area contributed by atoms with Crippen LogP contribution in [0.2, 0.25) is 0 Å². The van der Waals surface area contributed by atoms with E-state index in [1.807, 2.05) is 6.08 Å². The molecule has 0 bridgehead atoms. The van der Waals surface area contributed by atoms with Gasteiger partial charge in [0, 0.05) is 18.8 Å². The Bertz CT molecular complexity index is 774. The molecule has 0 aliphatic heterocycles. The van der Waals surface area contributed by atoms with Crippen LogP contribution >= 0.6 is 0 Å². The summed E-state index contributed by atoms with van der Waals surface area (Å²) < 4.78 is 5.48. The summed E-state index contributed by atoms with van der Waals surface area (Å²) in [6, 6.07) is 0. The van der Waals surface area contributed by atoms with Crippen LogP contribution in [0.1, 0.15) is 106 Å². The van der Waals surface area contributed by atoms with E-state index in [0.29, 0.717) is 23.7 Å². The largest absolute Gasteiger partial charge is 0.462 e. The van der Waals surface area contributed by atoms with Gasteiger partial charge < -0.3 is 14.9 Å². The quantitative estimate of drug-likeness (QED) is 0.374. The maximum atomic E-state index is 11.8. The van der Waals surface area contributed by atoms with E-state index >= 15 is 0 Å². The molecular formula is C29H48O4. The van der Waals surface area contributed by atoms with Gasteiger partial charge in [-0.05, 0) is 73.5 Å². The Balaban J connectivity index is 1.56. The highest BCUT2D eigenvalue weighted by atomic mass is 16.5. The summed E-state index contributed by atoms with van der Waals surface area (Å²) >= 11 is 0. The normalized spacial score (nSPS) is 45.6. The minimum atomic E-state index is -1.23. The zero-order valence-corrected chi connectivity index (χ0v) is 21.9. The van der Waals surface area contributed by atoms with E-state index in [1.165, 1.54) is 51.0 Å². The molecule has 0 heterocycles. The van der Waals surface area contributed by atoms with Crippen molar-refractivity contribution < 1.29 is 19.7 Å². The Hall–Kier alpha value is -0.870. The van der Waals surface area contributed by atoms with Gasteiger partial charge in [0.1, 0.15) is 17.8 Å². The van der Waals surface area contributed by atoms with E-state index in [1.54, 1.807) is 0 Å². The molecule has 0 spiro atoms. The molecule has 0 aromatic rings. The first kappa shape index (κ1) is 25.2. The van der Waals surface area contributed by atoms with Gasteiger partial charge >= 0.3 is 5.97 Å². The molecular weight excluding hydrogens is 412 g/mol. The van der Waals surface area contributed by atoms with E-state index < -0.39 is 11.7 Å². The van der Waals surface area contributed by atoms with Crippen LogP contribution in [0, 0.1) is 40.4 Å². The molecule has 3 saturated carbocycles. The van der Waals surface area contributed by atoms with E-state index in [4.69, 9.17) is 4.74 Å². The third-order valence-electron chi connectivity index (χ3n) is 10.8. The molecule has 3 fully saturated rings. The summed E-state index contributed by atoms with van der Waals surface area (Å²) in [7, 11) is 0. The van der Waals surface area contributed by atoms with Gasteiger partial charge in [-0.2, -0.15) is 0 Å². The van der Waals surface area contributed by atoms with Gasteiger partial charge in [0.25, 0.3) is 0 Å². The Morgan fingerprint density at radius 3 is 2.48 bits per heavy atom. The standard InChI is InChI=1S/C29H48O4/c1-18(2)8-7-9-19(3)23-10-11-24-22-16-26(31)29(32)17-21(33-20(4)30)12-15-28(29,6)25(22)13-14-27(23,24)5/h16,18-19,21,23-26,31-32H,7-15,17H2,1-6H3/t19-,21+,23-,24+,25+,26+,27-,28-,29+/m1/s1. The molecule has 0 saturated heterocycles. The van der Waals surface area contributed by atoms with Gasteiger partial charge in [0.15, 0.2) is 0 Å². The third-order valence-corrected chi connectivity index (χ3v) is 10.8. The van der Waals surface area contributed by atoms with Crippen LogP contribution in [-0.2, 0) is 9.53 Å². The van der Waals surface area contributed by atoms with Crippen LogP contribution in [0.25, 0.3) is 0 Å². The van der Waals surface area contributed by atoms with E-state index in [2.05, 4.69) is 34.6 Å². The van der Waals surface area contributed by atoms with Gasteiger partial charge in [-0.3, -0.25) is 4.79 Å². The van der Waals surface area contributed by atoms with Crippen molar-refractivity contribution >= 4 is 5.97 Å². The molecule has 4 aliphatic carbocycles. The predicted octanol–water partition coefficient (Wildman–Crippen LogP) is 6.05. The molecule has 4 nitrogen and oxygen atoms in total. The fourth-order valence-electron chi connectivity index (χ4n) is 8.89. The van der Waals surface area contributed by atoms with Gasteiger partial charge in [0.05, 0.1) is 0 Å². The Morgan fingerprint density at radius 2 is 1.82 bits per heavy atom. The molecule has 4 heteroatoms. The second kappa shape index (κ2) is 8.97. The number of allylic oxidation sites excluding steroid dienone is 1. The maximum Gasteiger partial charge on any atom is 0.302 e. The average Bonchev–Trinajstić information content (AvgIpc) is 3.07. The molecule has 0 radical (unpaired) electrons. The Labute approximate surface area is 201 Å². The van der Waals surface area contributed by atoms with E-state index in [9.17, 15) is 15.0 Å². The highest BCUT2D eigenvalue weighted by molar-refractivity contribution is 5.66. The van der Waals surface area contributed by atoms with E-state index in [-0.39, 0.29) is 17.5 Å². The molecule has 33 heavy (non-hydrogen) atoms. The van der Waals surface area contributed by atoms with Crippen molar-refractivity contribution in [2.45, 2.75) is 124 Å². The number of carbonyl (C=O) groups is 1. The average molecular weight is 461 g/mol. The number of aliphatic hydroxyl groups is 2. The van der Waals surface area contributed by atoms with Gasteiger partial charge in [-0.25, -0.2) is 0 Å². The lowest BCUT2D eigenvalue weighted by atomic mass is 9.45. The smallest absolute Gasteiger partial charge is 0.302 e. The lowest BCUT2D eigenvalue weighted by Gasteiger charge is -2.62. The van der Waals surface area contributed by atoms with Crippen LogP contribution in [0.3, 0.4) is 0 Å². The predicted molar refractivity (Wildman–Crippen MR) is 131 cm³/mol. The van der Waals surface area contributed by atoms with Crippen LogP contribution in [0.15, 0.2) is 11.6 Å². The molecule has 4 aliphatic rings. The van der Waals surface area contributed by atoms with Gasteiger partial charge in [-0.15, -0.1) is 0 Å². The Kier molecular flexibility index (Phi) is 6.86. The summed E-state index contributed by atoms with van der Waals surface area (Å²) in [4.78, 5) is 11.5. The SMILES string of the molecule is CC(=O)O[C@H]1CC[C@]2(C)[C@H]3CC[C@]4(C)[C@@H]([C@H](C)CCCC(C)C)CC[C@H]4C3=C[C@H](O)[C@@]2(O)C1. The summed E-state index contributed by atoms with van der Waals surface area (Å²) in [5, 5.41) is 23.1. The lowest BCUT2D eigenvalue weighted by molar-refractivity contribution is -0.216. The first-order valence-electron chi connectivity index (χ1n) is 13.7. The summed E-state index contributed by atoms with van der Waals surface area (Å²) in [5.41, 5.74) is 0.150. The molecule has 0 aromatic carbocycles. The highest BCUT2D eigenvalue weighted by Gasteiger charge is 2.65. The van der Waals surface area contributed by atoms with Gasteiger partial charge in [-0.1, -0.05) is 65.5 Å². The monoisotopic (exact) mass is 460 g/mol. The first-order chi connectivity index (χ1) is 15.4. The van der Waals surface area contributed by atoms with E-state index in [0.717, 1.165) is 37.0 Å². The second-order valence-electron chi connectivity index (χ2n) is 13.1. The zero-order valence-electron chi connectivity index (χ0n) is 21.9. The first-order valence-corrected chi connectivity index (χ1v) is 13.7. The highest BCUT2D eigenvalue weighted by Crippen LogP contribution is 2.67. The van der Waals surface area contributed by atoms with Crippen molar-refractivity contribution in [3.63, 3.8) is 0 Å². The zero-order chi connectivity index (χ0) is 24.2.